The van der Waals surface area contributed by atoms with Gasteiger partial charge in [-0.05, 0) is 31.5 Å². The van der Waals surface area contributed by atoms with Crippen LogP contribution in [-0.4, -0.2) is 67.2 Å². The largest absolute Gasteiger partial charge is 0.483 e. The molecule has 2 aliphatic rings. The summed E-state index contributed by atoms with van der Waals surface area (Å²) in [5.41, 5.74) is 1.93. The molecule has 1 aromatic carbocycles. The molecule has 13 heteroatoms. The van der Waals surface area contributed by atoms with Crippen molar-refractivity contribution in [3.05, 3.63) is 70.4 Å². The van der Waals surface area contributed by atoms with Crippen molar-refractivity contribution in [1.82, 2.24) is 24.7 Å². The fraction of sp³-hybridized carbons (Fsp3) is 0.320. The molecule has 2 aliphatic heterocycles. The smallest absolute Gasteiger partial charge is 0.341 e. The minimum Gasteiger partial charge on any atom is -0.483 e. The van der Waals surface area contributed by atoms with Crippen molar-refractivity contribution >= 4 is 18.2 Å². The molecule has 4 heterocycles. The van der Waals surface area contributed by atoms with E-state index in [9.17, 15) is 22.8 Å². The van der Waals surface area contributed by atoms with E-state index in [4.69, 9.17) is 9.84 Å². The maximum atomic E-state index is 14.5. The van der Waals surface area contributed by atoms with Crippen molar-refractivity contribution in [1.29, 1.82) is 0 Å². The fourth-order valence-corrected chi connectivity index (χ4v) is 4.56. The number of hydrogen-bond donors (Lipinski definition) is 1. The Labute approximate surface area is 214 Å². The monoisotopic (exact) mass is 528 g/mol. The number of carbonyl (C=O) groups excluding carboxylic acids is 1. The molecule has 1 unspecified atom stereocenters. The maximum absolute atomic E-state index is 14.5. The van der Waals surface area contributed by atoms with Crippen molar-refractivity contribution in [3.63, 3.8) is 0 Å². The summed E-state index contributed by atoms with van der Waals surface area (Å²) in [6, 6.07) is 3.36. The molecule has 0 spiro atoms. The number of nitrogens with zero attached hydrogens (tertiary/aromatic N) is 6. The van der Waals surface area contributed by atoms with E-state index in [0.29, 0.717) is 28.9 Å². The van der Waals surface area contributed by atoms with Gasteiger partial charge in [-0.2, -0.15) is 10.2 Å². The van der Waals surface area contributed by atoms with Crippen LogP contribution >= 0.6 is 0 Å². The lowest BCUT2D eigenvalue weighted by Crippen LogP contribution is -2.58. The highest BCUT2D eigenvalue weighted by atomic mass is 19.1. The second-order valence-electron chi connectivity index (χ2n) is 9.13. The zero-order valence-electron chi connectivity index (χ0n) is 20.4. The molecule has 2 amide bonds. The number of hydrazone groups is 1. The molecule has 1 fully saturated rings. The first-order valence-corrected chi connectivity index (χ1v) is 11.8. The Morgan fingerprint density at radius 1 is 1.11 bits per heavy atom. The Morgan fingerprint density at radius 3 is 2.50 bits per heavy atom. The number of carboxylic acid groups (broad SMARTS) is 1. The summed E-state index contributed by atoms with van der Waals surface area (Å²) < 4.78 is 49.1. The molecule has 0 bridgehead atoms. The number of rotatable bonds is 6. The van der Waals surface area contributed by atoms with Crippen LogP contribution in [0.4, 0.5) is 18.0 Å². The van der Waals surface area contributed by atoms with Gasteiger partial charge in [-0.25, -0.2) is 32.6 Å². The van der Waals surface area contributed by atoms with Crippen molar-refractivity contribution in [2.24, 2.45) is 5.10 Å². The predicted molar refractivity (Wildman–Crippen MR) is 128 cm³/mol. The van der Waals surface area contributed by atoms with Gasteiger partial charge >= 0.3 is 12.0 Å². The number of hydrogen-bond acceptors (Lipinski definition) is 6. The van der Waals surface area contributed by atoms with E-state index < -0.39 is 41.6 Å². The van der Waals surface area contributed by atoms with Gasteiger partial charge in [0.1, 0.15) is 17.7 Å². The molecular formula is C25H23F3N6O4. The average molecular weight is 528 g/mol. The number of urea groups is 1. The zero-order chi connectivity index (χ0) is 27.1. The number of aromatic nitrogens is 3. The topological polar surface area (TPSA) is 113 Å². The highest BCUT2D eigenvalue weighted by molar-refractivity contribution is 5.79. The molecule has 0 radical (unpaired) electrons. The average Bonchev–Trinajstić information content (AvgIpc) is 3.42. The van der Waals surface area contributed by atoms with E-state index >= 15 is 0 Å². The molecule has 1 atom stereocenters. The summed E-state index contributed by atoms with van der Waals surface area (Å²) >= 11 is 0. The minimum absolute atomic E-state index is 0.0910. The Bertz CT molecular complexity index is 1430. The first-order chi connectivity index (χ1) is 18.1. The van der Waals surface area contributed by atoms with Gasteiger partial charge in [0.15, 0.2) is 17.4 Å². The van der Waals surface area contributed by atoms with Crippen LogP contribution in [0.2, 0.25) is 0 Å². The number of carbonyl (C=O) groups is 2. The van der Waals surface area contributed by atoms with E-state index in [1.165, 1.54) is 39.0 Å². The number of benzene rings is 1. The third kappa shape index (κ3) is 4.78. The van der Waals surface area contributed by atoms with E-state index in [0.717, 1.165) is 12.3 Å². The van der Waals surface area contributed by atoms with Gasteiger partial charge in [-0.1, -0.05) is 0 Å². The quantitative estimate of drug-likeness (QED) is 0.524. The van der Waals surface area contributed by atoms with Crippen molar-refractivity contribution in [2.75, 3.05) is 13.1 Å². The predicted octanol–water partition coefficient (Wildman–Crippen LogP) is 3.54. The molecule has 10 nitrogen and oxygen atoms in total. The first-order valence-electron chi connectivity index (χ1n) is 11.8. The summed E-state index contributed by atoms with van der Waals surface area (Å²) in [4.78, 5) is 29.7. The molecule has 3 aromatic rings. The Morgan fingerprint density at radius 2 is 1.82 bits per heavy atom. The number of likely N-dealkylation sites (tertiary alicyclic amines) is 1. The lowest BCUT2D eigenvalue weighted by atomic mass is 10.0. The standard InChI is InChI=1S/C25H23F3N6O4/c1-13-19(8-24(35)36)14(2)33(31-13)23-9-22(20(28)10-29-23)38-18-11-32(12-18)25(37)34-21(3-4-30-34)15-5-16(26)7-17(27)6-15/h4-7,9-10,18,21H,3,8,11-12H2,1-2H3,(H,35,36). The molecule has 1 N–H and O–H groups in total. The Balaban J connectivity index is 1.25. The normalized spacial score (nSPS) is 17.1. The van der Waals surface area contributed by atoms with Crippen LogP contribution in [-0.2, 0) is 11.2 Å². The molecule has 198 valence electrons. The van der Waals surface area contributed by atoms with Crippen LogP contribution in [0.15, 0.2) is 35.6 Å². The van der Waals surface area contributed by atoms with Gasteiger partial charge < -0.3 is 14.7 Å². The van der Waals surface area contributed by atoms with Crippen molar-refractivity contribution in [3.8, 4) is 11.6 Å². The van der Waals surface area contributed by atoms with Gasteiger partial charge in [0.05, 0.1) is 37.4 Å². The van der Waals surface area contributed by atoms with Crippen molar-refractivity contribution < 1.29 is 32.6 Å². The fourth-order valence-electron chi connectivity index (χ4n) is 4.56. The number of amides is 2. The Kier molecular flexibility index (Phi) is 6.51. The molecule has 2 aromatic heterocycles. The number of pyridine rings is 1. The zero-order valence-corrected chi connectivity index (χ0v) is 20.4. The molecule has 5 rings (SSSR count). The van der Waals surface area contributed by atoms with Crippen LogP contribution in [0.1, 0.15) is 35.0 Å². The van der Waals surface area contributed by atoms with Crippen LogP contribution in [0.5, 0.6) is 5.75 Å². The third-order valence-corrected chi connectivity index (χ3v) is 6.50. The van der Waals surface area contributed by atoms with Crippen LogP contribution < -0.4 is 4.74 Å². The molecule has 38 heavy (non-hydrogen) atoms. The molecule has 0 aliphatic carbocycles. The highest BCUT2D eigenvalue weighted by Gasteiger charge is 2.39. The highest BCUT2D eigenvalue weighted by Crippen LogP contribution is 2.32. The van der Waals surface area contributed by atoms with E-state index in [1.54, 1.807) is 13.8 Å². The van der Waals surface area contributed by atoms with E-state index in [2.05, 4.69) is 15.2 Å². The van der Waals surface area contributed by atoms with Gasteiger partial charge in [-0.15, -0.1) is 0 Å². The van der Waals surface area contributed by atoms with Gasteiger partial charge in [0.2, 0.25) is 0 Å². The van der Waals surface area contributed by atoms with Crippen LogP contribution in [0.3, 0.4) is 0 Å². The molecule has 1 saturated heterocycles. The molecule has 0 saturated carbocycles. The minimum atomic E-state index is -0.995. The second kappa shape index (κ2) is 9.80. The lowest BCUT2D eigenvalue weighted by molar-refractivity contribution is -0.136. The van der Waals surface area contributed by atoms with Gasteiger partial charge in [0.25, 0.3) is 0 Å². The number of carboxylic acids is 1. The SMILES string of the molecule is Cc1nn(-c2cc(OC3CN(C(=O)N4N=CCC4c4cc(F)cc(F)c4)C3)c(F)cn2)c(C)c1CC(=O)O. The summed E-state index contributed by atoms with van der Waals surface area (Å²) in [5, 5.41) is 18.7. The number of aryl methyl sites for hydroxylation is 1. The molecular weight excluding hydrogens is 505 g/mol. The van der Waals surface area contributed by atoms with Gasteiger partial charge in [0, 0.05) is 36.0 Å². The van der Waals surface area contributed by atoms with Crippen molar-refractivity contribution in [2.45, 2.75) is 38.8 Å². The van der Waals surface area contributed by atoms with E-state index in [1.807, 2.05) is 0 Å². The number of halogens is 3. The lowest BCUT2D eigenvalue weighted by Gasteiger charge is -2.41. The Hall–Kier alpha value is -4.42. The van der Waals surface area contributed by atoms with Crippen LogP contribution in [0.25, 0.3) is 5.82 Å². The summed E-state index contributed by atoms with van der Waals surface area (Å²) in [5.74, 6) is -3.02. The summed E-state index contributed by atoms with van der Waals surface area (Å²) in [6.07, 6.45) is 2.09. The first kappa shape index (κ1) is 25.2. The van der Waals surface area contributed by atoms with E-state index in [-0.39, 0.29) is 31.1 Å². The maximum Gasteiger partial charge on any atom is 0.341 e. The summed E-state index contributed by atoms with van der Waals surface area (Å²) in [6.45, 7) is 3.68. The third-order valence-electron chi connectivity index (χ3n) is 6.50. The second-order valence-corrected chi connectivity index (χ2v) is 9.13. The van der Waals surface area contributed by atoms with Crippen LogP contribution in [0, 0.1) is 31.3 Å². The summed E-state index contributed by atoms with van der Waals surface area (Å²) in [7, 11) is 0. The number of aliphatic carboxylic acids is 1. The van der Waals surface area contributed by atoms with Gasteiger partial charge in [-0.3, -0.25) is 4.79 Å². The number of ether oxygens (including phenoxy) is 1.